The molecule has 1 heterocycles. The Morgan fingerprint density at radius 3 is 2.48 bits per heavy atom. The zero-order valence-electron chi connectivity index (χ0n) is 13.8. The van der Waals surface area contributed by atoms with E-state index in [1.54, 1.807) is 0 Å². The van der Waals surface area contributed by atoms with Crippen LogP contribution in [0.4, 0.5) is 0 Å². The summed E-state index contributed by atoms with van der Waals surface area (Å²) in [6, 6.07) is 9.75. The van der Waals surface area contributed by atoms with Crippen molar-refractivity contribution in [2.75, 3.05) is 0 Å². The number of carbonyl (C=O) groups is 1. The van der Waals surface area contributed by atoms with Gasteiger partial charge in [0.25, 0.3) is 0 Å². The molecule has 1 aromatic heterocycles. The van der Waals surface area contributed by atoms with Gasteiger partial charge in [0, 0.05) is 23.6 Å². The van der Waals surface area contributed by atoms with E-state index in [2.05, 4.69) is 19.9 Å². The molecule has 2 aromatic rings. The average Bonchev–Trinajstić information content (AvgIpc) is 3.33. The van der Waals surface area contributed by atoms with Crippen molar-refractivity contribution in [1.29, 1.82) is 5.26 Å². The molecule has 0 radical (unpaired) electrons. The molecule has 1 aromatic carbocycles. The second kappa shape index (κ2) is 6.00. The molecule has 4 heteroatoms. The number of carbonyl (C=O) groups excluding carboxylic acids is 1. The highest BCUT2D eigenvalue weighted by Crippen LogP contribution is 2.46. The molecule has 0 saturated heterocycles. The van der Waals surface area contributed by atoms with Gasteiger partial charge in [0.1, 0.15) is 5.69 Å². The topological polar surface area (TPSA) is 58.7 Å². The number of hydrogen-bond acceptors (Lipinski definition) is 3. The summed E-state index contributed by atoms with van der Waals surface area (Å²) in [7, 11) is 0. The summed E-state index contributed by atoms with van der Waals surface area (Å²) in [5.74, 6) is 0.603. The molecule has 0 bridgehead atoms. The first kappa shape index (κ1) is 15.5. The van der Waals surface area contributed by atoms with E-state index in [0.29, 0.717) is 17.9 Å². The molecular formula is C19H21N3O. The van der Waals surface area contributed by atoms with Crippen molar-refractivity contribution >= 4 is 5.78 Å². The first-order valence-corrected chi connectivity index (χ1v) is 8.23. The highest BCUT2D eigenvalue weighted by molar-refractivity contribution is 5.97. The lowest BCUT2D eigenvalue weighted by molar-refractivity contribution is 0.0975. The van der Waals surface area contributed by atoms with Crippen LogP contribution in [-0.2, 0) is 0 Å². The molecule has 1 aliphatic carbocycles. The fourth-order valence-corrected chi connectivity index (χ4v) is 2.94. The second-order valence-electron chi connectivity index (χ2n) is 6.39. The van der Waals surface area contributed by atoms with Crippen LogP contribution in [0.1, 0.15) is 73.6 Å². The number of ketones is 1. The average molecular weight is 307 g/mol. The molecule has 1 fully saturated rings. The number of Topliss-reactive ketones (excluding diaryl/α,β-unsaturated/α-hetero) is 1. The van der Waals surface area contributed by atoms with E-state index in [-0.39, 0.29) is 11.8 Å². The lowest BCUT2D eigenvalue weighted by atomic mass is 9.99. The lowest BCUT2D eigenvalue weighted by Crippen LogP contribution is -2.13. The van der Waals surface area contributed by atoms with Gasteiger partial charge in [-0.3, -0.25) is 9.48 Å². The van der Waals surface area contributed by atoms with Crippen molar-refractivity contribution < 1.29 is 4.79 Å². The molecule has 3 rings (SSSR count). The fraction of sp³-hybridized carbons (Fsp3) is 0.421. The van der Waals surface area contributed by atoms with Gasteiger partial charge >= 0.3 is 0 Å². The van der Waals surface area contributed by atoms with E-state index in [0.717, 1.165) is 35.4 Å². The quantitative estimate of drug-likeness (QED) is 0.766. The van der Waals surface area contributed by atoms with Gasteiger partial charge in [-0.15, -0.1) is 0 Å². The molecule has 4 nitrogen and oxygen atoms in total. The van der Waals surface area contributed by atoms with Crippen molar-refractivity contribution in [3.8, 4) is 17.3 Å². The molecule has 23 heavy (non-hydrogen) atoms. The van der Waals surface area contributed by atoms with Gasteiger partial charge in [-0.25, -0.2) is 0 Å². The van der Waals surface area contributed by atoms with Gasteiger partial charge in [0.2, 0.25) is 0 Å². The van der Waals surface area contributed by atoms with Crippen LogP contribution in [0.2, 0.25) is 0 Å². The standard InChI is InChI=1S/C19H21N3O/c1-4-16(23)19-17(14-9-10-14)18(21-22(19)12(2)3)15-7-5-13(11-20)6-8-15/h5-8,12,14H,4,9-10H2,1-3H3. The highest BCUT2D eigenvalue weighted by atomic mass is 16.1. The predicted octanol–water partition coefficient (Wildman–Crippen LogP) is 4.47. The molecule has 118 valence electrons. The summed E-state index contributed by atoms with van der Waals surface area (Å²) in [5, 5.41) is 13.7. The Morgan fingerprint density at radius 1 is 1.35 bits per heavy atom. The highest BCUT2D eigenvalue weighted by Gasteiger charge is 2.35. The minimum Gasteiger partial charge on any atom is -0.292 e. The van der Waals surface area contributed by atoms with E-state index in [1.165, 1.54) is 0 Å². The van der Waals surface area contributed by atoms with E-state index < -0.39 is 0 Å². The summed E-state index contributed by atoms with van der Waals surface area (Å²) < 4.78 is 1.88. The van der Waals surface area contributed by atoms with Gasteiger partial charge in [-0.1, -0.05) is 19.1 Å². The van der Waals surface area contributed by atoms with Gasteiger partial charge in [0.05, 0.1) is 17.3 Å². The number of rotatable bonds is 5. The van der Waals surface area contributed by atoms with Crippen LogP contribution >= 0.6 is 0 Å². The number of aromatic nitrogens is 2. The van der Waals surface area contributed by atoms with Crippen LogP contribution in [0.5, 0.6) is 0 Å². The zero-order chi connectivity index (χ0) is 16.6. The lowest BCUT2D eigenvalue weighted by Gasteiger charge is -2.10. The van der Waals surface area contributed by atoms with E-state index in [1.807, 2.05) is 35.9 Å². The van der Waals surface area contributed by atoms with Crippen molar-refractivity contribution in [3.05, 3.63) is 41.1 Å². The maximum atomic E-state index is 12.5. The molecule has 0 amide bonds. The van der Waals surface area contributed by atoms with E-state index in [9.17, 15) is 4.79 Å². The monoisotopic (exact) mass is 307 g/mol. The molecule has 1 saturated carbocycles. The third-order valence-corrected chi connectivity index (χ3v) is 4.29. The molecule has 0 N–H and O–H groups in total. The summed E-state index contributed by atoms with van der Waals surface area (Å²) in [6.45, 7) is 6.01. The maximum absolute atomic E-state index is 12.5. The molecule has 0 atom stereocenters. The molecule has 1 aliphatic rings. The Bertz CT molecular complexity index is 774. The number of hydrogen-bond donors (Lipinski definition) is 0. The van der Waals surface area contributed by atoms with Crippen LogP contribution in [0.15, 0.2) is 24.3 Å². The Kier molecular flexibility index (Phi) is 4.04. The Balaban J connectivity index is 2.19. The van der Waals surface area contributed by atoms with Gasteiger partial charge in [0.15, 0.2) is 5.78 Å². The summed E-state index contributed by atoms with van der Waals surface area (Å²) in [4.78, 5) is 12.5. The van der Waals surface area contributed by atoms with Gasteiger partial charge < -0.3 is 0 Å². The van der Waals surface area contributed by atoms with Crippen molar-refractivity contribution in [3.63, 3.8) is 0 Å². The first-order valence-electron chi connectivity index (χ1n) is 8.23. The van der Waals surface area contributed by atoms with Crippen LogP contribution in [0.3, 0.4) is 0 Å². The van der Waals surface area contributed by atoms with Crippen LogP contribution < -0.4 is 0 Å². The first-order chi connectivity index (χ1) is 11.1. The van der Waals surface area contributed by atoms with E-state index >= 15 is 0 Å². The molecule has 0 spiro atoms. The summed E-state index contributed by atoms with van der Waals surface area (Å²) >= 11 is 0. The third-order valence-electron chi connectivity index (χ3n) is 4.29. The Morgan fingerprint density at radius 2 is 2.00 bits per heavy atom. The van der Waals surface area contributed by atoms with Gasteiger partial charge in [-0.05, 0) is 44.7 Å². The largest absolute Gasteiger partial charge is 0.292 e. The minimum absolute atomic E-state index is 0.144. The van der Waals surface area contributed by atoms with Crippen molar-refractivity contribution in [1.82, 2.24) is 9.78 Å². The van der Waals surface area contributed by atoms with Crippen LogP contribution in [0, 0.1) is 11.3 Å². The number of nitriles is 1. The Hall–Kier alpha value is -2.41. The van der Waals surface area contributed by atoms with Crippen molar-refractivity contribution in [2.45, 2.75) is 52.0 Å². The normalized spacial score (nSPS) is 14.0. The van der Waals surface area contributed by atoms with Gasteiger partial charge in [-0.2, -0.15) is 10.4 Å². The predicted molar refractivity (Wildman–Crippen MR) is 89.4 cm³/mol. The third kappa shape index (κ3) is 2.79. The van der Waals surface area contributed by atoms with Crippen LogP contribution in [-0.4, -0.2) is 15.6 Å². The molecule has 0 aliphatic heterocycles. The SMILES string of the molecule is CCC(=O)c1c(C2CC2)c(-c2ccc(C#N)cc2)nn1C(C)C. The smallest absolute Gasteiger partial charge is 0.180 e. The maximum Gasteiger partial charge on any atom is 0.180 e. The molecule has 0 unspecified atom stereocenters. The Labute approximate surface area is 136 Å². The zero-order valence-corrected chi connectivity index (χ0v) is 13.8. The fourth-order valence-electron chi connectivity index (χ4n) is 2.94. The number of nitrogens with zero attached hydrogens (tertiary/aromatic N) is 3. The summed E-state index contributed by atoms with van der Waals surface area (Å²) in [6.07, 6.45) is 2.74. The number of benzene rings is 1. The molecular weight excluding hydrogens is 286 g/mol. The summed E-state index contributed by atoms with van der Waals surface area (Å²) in [5.41, 5.74) is 4.41. The second-order valence-corrected chi connectivity index (χ2v) is 6.39. The van der Waals surface area contributed by atoms with Crippen LogP contribution in [0.25, 0.3) is 11.3 Å². The minimum atomic E-state index is 0.144. The van der Waals surface area contributed by atoms with E-state index in [4.69, 9.17) is 10.4 Å². The van der Waals surface area contributed by atoms with Crippen molar-refractivity contribution in [2.24, 2.45) is 0 Å².